The quantitative estimate of drug-likeness (QED) is 0.311. The van der Waals surface area contributed by atoms with Gasteiger partial charge in [0.15, 0.2) is 11.5 Å². The fourth-order valence-corrected chi connectivity index (χ4v) is 4.19. The van der Waals surface area contributed by atoms with Crippen LogP contribution >= 0.6 is 0 Å². The van der Waals surface area contributed by atoms with Gasteiger partial charge >= 0.3 is 0 Å². The summed E-state index contributed by atoms with van der Waals surface area (Å²) in [5.41, 5.74) is 1.86. The van der Waals surface area contributed by atoms with Crippen LogP contribution in [0.15, 0.2) is 84.9 Å². The summed E-state index contributed by atoms with van der Waals surface area (Å²) < 4.78 is 17.0. The fourth-order valence-electron chi connectivity index (χ4n) is 4.19. The van der Waals surface area contributed by atoms with Crippen molar-refractivity contribution in [2.75, 3.05) is 26.8 Å². The number of hydrogen-bond acceptors (Lipinski definition) is 5. The molecule has 0 aliphatic carbocycles. The highest BCUT2D eigenvalue weighted by Gasteiger charge is 2.32. The Bertz CT molecular complexity index is 1200. The molecule has 37 heavy (non-hydrogen) atoms. The van der Waals surface area contributed by atoms with E-state index in [0.29, 0.717) is 44.2 Å². The molecule has 0 bridgehead atoms. The largest absolute Gasteiger partial charge is 0.493 e. The van der Waals surface area contributed by atoms with Gasteiger partial charge in [-0.25, -0.2) is 0 Å². The molecule has 1 fully saturated rings. The van der Waals surface area contributed by atoms with Crippen LogP contribution in [0.4, 0.5) is 0 Å². The minimum atomic E-state index is -0.475. The molecule has 2 amide bonds. The Labute approximate surface area is 217 Å². The Hall–Kier alpha value is -4.26. The van der Waals surface area contributed by atoms with Crippen LogP contribution in [0.1, 0.15) is 24.0 Å². The van der Waals surface area contributed by atoms with Crippen molar-refractivity contribution in [1.29, 1.82) is 0 Å². The van der Waals surface area contributed by atoms with E-state index < -0.39 is 6.04 Å². The number of methoxy groups -OCH3 is 1. The molecule has 0 spiro atoms. The summed E-state index contributed by atoms with van der Waals surface area (Å²) in [7, 11) is 1.59. The SMILES string of the molecule is COc1cc(/C=C/C(=O)N2CCC[C@H]2C(=O)NCCOc2ccccc2)ccc1OCc1ccccc1. The van der Waals surface area contributed by atoms with E-state index in [1.807, 2.05) is 78.9 Å². The molecule has 4 rings (SSSR count). The van der Waals surface area contributed by atoms with E-state index in [4.69, 9.17) is 14.2 Å². The first-order valence-electron chi connectivity index (χ1n) is 12.4. The third-order valence-electron chi connectivity index (χ3n) is 6.09. The zero-order chi connectivity index (χ0) is 25.9. The van der Waals surface area contributed by atoms with Crippen molar-refractivity contribution >= 4 is 17.9 Å². The molecule has 1 aliphatic heterocycles. The van der Waals surface area contributed by atoms with E-state index in [1.165, 1.54) is 6.08 Å². The van der Waals surface area contributed by atoms with Crippen molar-refractivity contribution in [1.82, 2.24) is 10.2 Å². The predicted molar refractivity (Wildman–Crippen MR) is 142 cm³/mol. The standard InChI is InChI=1S/C30H32N2O5/c1-35-28-21-23(14-16-27(28)37-22-24-9-4-2-5-10-24)15-17-29(33)32-19-8-13-26(32)30(34)31-18-20-36-25-11-6-3-7-12-25/h2-7,9-12,14-17,21,26H,8,13,18-20,22H2,1H3,(H,31,34)/b17-15+/t26-/m0/s1. The van der Waals surface area contributed by atoms with Gasteiger partial charge in [0.2, 0.25) is 11.8 Å². The lowest BCUT2D eigenvalue weighted by Gasteiger charge is -2.22. The van der Waals surface area contributed by atoms with Crippen LogP contribution < -0.4 is 19.5 Å². The summed E-state index contributed by atoms with van der Waals surface area (Å²) in [4.78, 5) is 27.2. The lowest BCUT2D eigenvalue weighted by molar-refractivity contribution is -0.135. The van der Waals surface area contributed by atoms with Gasteiger partial charge in [-0.3, -0.25) is 9.59 Å². The number of ether oxygens (including phenoxy) is 3. The Morgan fingerprint density at radius 2 is 1.73 bits per heavy atom. The lowest BCUT2D eigenvalue weighted by Crippen LogP contribution is -2.46. The molecule has 3 aromatic carbocycles. The molecule has 192 valence electrons. The number of hydrogen-bond donors (Lipinski definition) is 1. The van der Waals surface area contributed by atoms with E-state index in [1.54, 1.807) is 18.1 Å². The van der Waals surface area contributed by atoms with Crippen molar-refractivity contribution in [3.05, 3.63) is 96.1 Å². The molecule has 0 saturated carbocycles. The van der Waals surface area contributed by atoms with Crippen LogP contribution in [0.5, 0.6) is 17.2 Å². The van der Waals surface area contributed by atoms with Crippen LogP contribution in [0.2, 0.25) is 0 Å². The smallest absolute Gasteiger partial charge is 0.247 e. The van der Waals surface area contributed by atoms with Gasteiger partial charge in [-0.05, 0) is 54.3 Å². The van der Waals surface area contributed by atoms with E-state index in [2.05, 4.69) is 5.32 Å². The monoisotopic (exact) mass is 500 g/mol. The number of carbonyl (C=O) groups excluding carboxylic acids is 2. The molecule has 1 atom stereocenters. The number of nitrogens with zero attached hydrogens (tertiary/aromatic N) is 1. The zero-order valence-electron chi connectivity index (χ0n) is 21.0. The van der Waals surface area contributed by atoms with Gasteiger partial charge in [-0.2, -0.15) is 0 Å². The predicted octanol–water partition coefficient (Wildman–Crippen LogP) is 4.47. The Morgan fingerprint density at radius 3 is 2.49 bits per heavy atom. The van der Waals surface area contributed by atoms with Gasteiger partial charge in [0, 0.05) is 12.6 Å². The summed E-state index contributed by atoms with van der Waals surface area (Å²) in [6, 6.07) is 24.4. The van der Waals surface area contributed by atoms with Crippen LogP contribution in [-0.4, -0.2) is 49.6 Å². The summed E-state index contributed by atoms with van der Waals surface area (Å²) in [5, 5.41) is 2.89. The Morgan fingerprint density at radius 1 is 0.973 bits per heavy atom. The molecule has 1 N–H and O–H groups in total. The van der Waals surface area contributed by atoms with Gasteiger partial charge in [0.25, 0.3) is 0 Å². The second kappa shape index (κ2) is 13.2. The van der Waals surface area contributed by atoms with Crippen LogP contribution in [0.25, 0.3) is 6.08 Å². The number of nitrogens with one attached hydrogen (secondary N) is 1. The first-order valence-corrected chi connectivity index (χ1v) is 12.4. The van der Waals surface area contributed by atoms with E-state index in [9.17, 15) is 9.59 Å². The van der Waals surface area contributed by atoms with Gasteiger partial charge in [0.05, 0.1) is 13.7 Å². The summed E-state index contributed by atoms with van der Waals surface area (Å²) >= 11 is 0. The maximum Gasteiger partial charge on any atom is 0.247 e. The van der Waals surface area contributed by atoms with Crippen LogP contribution in [0.3, 0.4) is 0 Å². The molecule has 0 radical (unpaired) electrons. The first kappa shape index (κ1) is 25.8. The molecule has 3 aromatic rings. The molecule has 7 heteroatoms. The zero-order valence-corrected chi connectivity index (χ0v) is 21.0. The maximum absolute atomic E-state index is 12.9. The second-order valence-electron chi connectivity index (χ2n) is 8.66. The molecule has 1 saturated heterocycles. The molecular formula is C30H32N2O5. The number of amides is 2. The van der Waals surface area contributed by atoms with Gasteiger partial charge in [0.1, 0.15) is 25.0 Å². The molecule has 1 heterocycles. The number of benzene rings is 3. The van der Waals surface area contributed by atoms with Crippen molar-refractivity contribution in [2.24, 2.45) is 0 Å². The Balaban J connectivity index is 1.29. The highest BCUT2D eigenvalue weighted by atomic mass is 16.5. The Kier molecular flexibility index (Phi) is 9.18. The third-order valence-corrected chi connectivity index (χ3v) is 6.09. The average molecular weight is 501 g/mol. The minimum Gasteiger partial charge on any atom is -0.493 e. The van der Waals surface area contributed by atoms with Crippen LogP contribution in [-0.2, 0) is 16.2 Å². The number of para-hydroxylation sites is 1. The van der Waals surface area contributed by atoms with Crippen molar-refractivity contribution in [3.8, 4) is 17.2 Å². The van der Waals surface area contributed by atoms with Gasteiger partial charge < -0.3 is 24.4 Å². The summed E-state index contributed by atoms with van der Waals surface area (Å²) in [5.74, 6) is 1.62. The number of rotatable bonds is 11. The molecule has 0 unspecified atom stereocenters. The highest BCUT2D eigenvalue weighted by molar-refractivity contribution is 5.96. The number of likely N-dealkylation sites (tertiary alicyclic amines) is 1. The first-order chi connectivity index (χ1) is 18.1. The lowest BCUT2D eigenvalue weighted by atomic mass is 10.1. The summed E-state index contributed by atoms with van der Waals surface area (Å²) in [6.07, 6.45) is 4.67. The average Bonchev–Trinajstić information content (AvgIpc) is 3.44. The summed E-state index contributed by atoms with van der Waals surface area (Å²) in [6.45, 7) is 1.73. The van der Waals surface area contributed by atoms with Gasteiger partial charge in [-0.1, -0.05) is 54.6 Å². The van der Waals surface area contributed by atoms with Crippen molar-refractivity contribution in [3.63, 3.8) is 0 Å². The van der Waals surface area contributed by atoms with E-state index in [0.717, 1.165) is 23.3 Å². The molecular weight excluding hydrogens is 468 g/mol. The molecule has 1 aliphatic rings. The van der Waals surface area contributed by atoms with Crippen LogP contribution in [0, 0.1) is 0 Å². The van der Waals surface area contributed by atoms with Crippen molar-refractivity contribution < 1.29 is 23.8 Å². The number of carbonyl (C=O) groups is 2. The molecule has 7 nitrogen and oxygen atoms in total. The highest BCUT2D eigenvalue weighted by Crippen LogP contribution is 2.29. The fraction of sp³-hybridized carbons (Fsp3) is 0.267. The van der Waals surface area contributed by atoms with E-state index in [-0.39, 0.29) is 11.8 Å². The van der Waals surface area contributed by atoms with E-state index >= 15 is 0 Å². The second-order valence-corrected chi connectivity index (χ2v) is 8.66. The normalized spacial score (nSPS) is 14.9. The third kappa shape index (κ3) is 7.36. The van der Waals surface area contributed by atoms with Crippen molar-refractivity contribution in [2.45, 2.75) is 25.5 Å². The molecule has 0 aromatic heterocycles. The van der Waals surface area contributed by atoms with Gasteiger partial charge in [-0.15, -0.1) is 0 Å². The topological polar surface area (TPSA) is 77.1 Å². The minimum absolute atomic E-state index is 0.155. The maximum atomic E-state index is 12.9.